The molecule has 0 unspecified atom stereocenters. The van der Waals surface area contributed by atoms with Gasteiger partial charge in [-0.2, -0.15) is 0 Å². The molecule has 3 rings (SSSR count). The van der Waals surface area contributed by atoms with Crippen LogP contribution in [0.1, 0.15) is 6.92 Å². The Kier molecular flexibility index (Phi) is 3.67. The first kappa shape index (κ1) is 13.7. The van der Waals surface area contributed by atoms with Gasteiger partial charge in [-0.25, -0.2) is 4.79 Å². The van der Waals surface area contributed by atoms with Crippen LogP contribution in [0.25, 0.3) is 21.9 Å². The summed E-state index contributed by atoms with van der Waals surface area (Å²) in [4.78, 5) is 12.0. The molecule has 0 bridgehead atoms. The van der Waals surface area contributed by atoms with Gasteiger partial charge < -0.3 is 9.15 Å². The molecule has 0 spiro atoms. The van der Waals surface area contributed by atoms with E-state index in [1.165, 1.54) is 0 Å². The molecule has 0 fully saturated rings. The van der Waals surface area contributed by atoms with Crippen LogP contribution in [0.3, 0.4) is 0 Å². The Morgan fingerprint density at radius 2 is 1.71 bits per heavy atom. The number of fused-ring (bicyclic) bond motifs is 1. The maximum atomic E-state index is 12.0. The lowest BCUT2D eigenvalue weighted by Gasteiger charge is -2.11. The summed E-state index contributed by atoms with van der Waals surface area (Å²) in [5.74, 6) is 0.239. The summed E-state index contributed by atoms with van der Waals surface area (Å²) in [7, 11) is 0. The van der Waals surface area contributed by atoms with Crippen molar-refractivity contribution < 1.29 is 9.15 Å². The highest BCUT2D eigenvalue weighted by Gasteiger charge is 2.16. The predicted molar refractivity (Wildman–Crippen MR) is 84.1 cm³/mol. The molecule has 4 heteroatoms. The van der Waals surface area contributed by atoms with E-state index < -0.39 is 5.63 Å². The zero-order valence-electron chi connectivity index (χ0n) is 11.4. The average Bonchev–Trinajstić information content (AvgIpc) is 2.49. The fraction of sp³-hybridized carbons (Fsp3) is 0.118. The van der Waals surface area contributed by atoms with Crippen LogP contribution in [0.5, 0.6) is 5.95 Å². The van der Waals surface area contributed by atoms with E-state index in [0.29, 0.717) is 17.0 Å². The minimum absolute atomic E-state index is 0.239. The predicted octanol–water partition coefficient (Wildman–Crippen LogP) is 4.51. The van der Waals surface area contributed by atoms with Crippen molar-refractivity contribution in [3.63, 3.8) is 0 Å². The van der Waals surface area contributed by atoms with Gasteiger partial charge in [0.25, 0.3) is 5.95 Å². The molecule has 0 amide bonds. The van der Waals surface area contributed by atoms with Crippen molar-refractivity contribution in [2.75, 3.05) is 6.61 Å². The first-order valence-electron chi connectivity index (χ1n) is 6.65. The second-order valence-electron chi connectivity index (χ2n) is 4.54. The van der Waals surface area contributed by atoms with Crippen LogP contribution >= 0.6 is 11.6 Å². The summed E-state index contributed by atoms with van der Waals surface area (Å²) < 4.78 is 10.8. The molecule has 0 atom stereocenters. The smallest absolute Gasteiger partial charge is 0.346 e. The van der Waals surface area contributed by atoms with Crippen molar-refractivity contribution in [1.82, 2.24) is 0 Å². The van der Waals surface area contributed by atoms with Crippen molar-refractivity contribution >= 4 is 22.4 Å². The Morgan fingerprint density at radius 1 is 1.05 bits per heavy atom. The first-order valence-corrected chi connectivity index (χ1v) is 7.03. The monoisotopic (exact) mass is 300 g/mol. The molecule has 3 aromatic rings. The standard InChI is InChI=1S/C17H13ClO3/c1-2-20-17-15(11-7-9-12(18)10-8-11)13-5-3-4-6-14(13)16(19)21-17/h3-10H,2H2,1H3. The van der Waals surface area contributed by atoms with Crippen LogP contribution in [0.2, 0.25) is 5.02 Å². The summed E-state index contributed by atoms with van der Waals surface area (Å²) in [6.07, 6.45) is 0. The third-order valence-corrected chi connectivity index (χ3v) is 3.47. The fourth-order valence-electron chi connectivity index (χ4n) is 2.30. The largest absolute Gasteiger partial charge is 0.465 e. The van der Waals surface area contributed by atoms with Crippen LogP contribution in [-0.2, 0) is 0 Å². The minimum Gasteiger partial charge on any atom is -0.465 e. The summed E-state index contributed by atoms with van der Waals surface area (Å²) in [5.41, 5.74) is 1.26. The van der Waals surface area contributed by atoms with Gasteiger partial charge in [0.1, 0.15) is 0 Å². The second kappa shape index (κ2) is 5.62. The molecular weight excluding hydrogens is 288 g/mol. The van der Waals surface area contributed by atoms with Crippen molar-refractivity contribution in [1.29, 1.82) is 0 Å². The third kappa shape index (κ3) is 2.52. The fourth-order valence-corrected chi connectivity index (χ4v) is 2.43. The summed E-state index contributed by atoms with van der Waals surface area (Å²) in [6, 6.07) is 14.7. The molecule has 0 radical (unpaired) electrons. The van der Waals surface area contributed by atoms with Crippen molar-refractivity contribution in [2.45, 2.75) is 6.92 Å². The summed E-state index contributed by atoms with van der Waals surface area (Å²) in [5, 5.41) is 1.99. The Labute approximate surface area is 126 Å². The molecule has 0 saturated heterocycles. The molecule has 106 valence electrons. The van der Waals surface area contributed by atoms with Gasteiger partial charge in [0.2, 0.25) is 0 Å². The number of benzene rings is 2. The Hall–Kier alpha value is -2.26. The van der Waals surface area contributed by atoms with Gasteiger partial charge in [0.15, 0.2) is 0 Å². The molecule has 0 N–H and O–H groups in total. The molecule has 0 aliphatic rings. The highest BCUT2D eigenvalue weighted by Crippen LogP contribution is 2.35. The van der Waals surface area contributed by atoms with E-state index in [2.05, 4.69) is 0 Å². The van der Waals surface area contributed by atoms with E-state index in [9.17, 15) is 4.79 Å². The van der Waals surface area contributed by atoms with Gasteiger partial charge in [-0.05, 0) is 30.7 Å². The van der Waals surface area contributed by atoms with Gasteiger partial charge in [-0.15, -0.1) is 0 Å². The van der Waals surface area contributed by atoms with Crippen LogP contribution in [0.15, 0.2) is 57.7 Å². The average molecular weight is 301 g/mol. The lowest BCUT2D eigenvalue weighted by Crippen LogP contribution is -2.04. The Balaban J connectivity index is 2.37. The highest BCUT2D eigenvalue weighted by atomic mass is 35.5. The van der Waals surface area contributed by atoms with E-state index in [0.717, 1.165) is 16.5 Å². The molecule has 1 heterocycles. The third-order valence-electron chi connectivity index (χ3n) is 3.21. The number of hydrogen-bond donors (Lipinski definition) is 0. The van der Waals surface area contributed by atoms with Crippen molar-refractivity contribution in [3.05, 3.63) is 64.0 Å². The second-order valence-corrected chi connectivity index (χ2v) is 4.97. The molecule has 3 nitrogen and oxygen atoms in total. The van der Waals surface area contributed by atoms with Gasteiger partial charge in [-0.1, -0.05) is 41.9 Å². The maximum Gasteiger partial charge on any atom is 0.346 e. The van der Waals surface area contributed by atoms with Crippen LogP contribution in [0, 0.1) is 0 Å². The summed E-state index contributed by atoms with van der Waals surface area (Å²) in [6.45, 7) is 2.27. The lowest BCUT2D eigenvalue weighted by molar-refractivity contribution is 0.247. The minimum atomic E-state index is -0.397. The lowest BCUT2D eigenvalue weighted by atomic mass is 10.0. The van der Waals surface area contributed by atoms with Crippen LogP contribution in [0.4, 0.5) is 0 Å². The molecule has 1 aromatic heterocycles. The molecule has 2 aromatic carbocycles. The zero-order valence-corrected chi connectivity index (χ0v) is 12.2. The first-order chi connectivity index (χ1) is 10.2. The molecule has 21 heavy (non-hydrogen) atoms. The number of halogens is 1. The molecule has 0 aliphatic carbocycles. The quantitative estimate of drug-likeness (QED) is 0.714. The van der Waals surface area contributed by atoms with Crippen molar-refractivity contribution in [2.24, 2.45) is 0 Å². The van der Waals surface area contributed by atoms with Gasteiger partial charge in [-0.3, -0.25) is 0 Å². The zero-order chi connectivity index (χ0) is 14.8. The topological polar surface area (TPSA) is 39.4 Å². The molecular formula is C17H13ClO3. The van der Waals surface area contributed by atoms with E-state index in [1.54, 1.807) is 18.2 Å². The molecule has 0 saturated carbocycles. The van der Waals surface area contributed by atoms with Crippen molar-refractivity contribution in [3.8, 4) is 17.1 Å². The van der Waals surface area contributed by atoms with E-state index in [1.807, 2.05) is 37.3 Å². The normalized spacial score (nSPS) is 10.8. The molecule has 0 aliphatic heterocycles. The van der Waals surface area contributed by atoms with Crippen LogP contribution < -0.4 is 10.4 Å². The Morgan fingerprint density at radius 3 is 2.38 bits per heavy atom. The number of hydrogen-bond acceptors (Lipinski definition) is 3. The van der Waals surface area contributed by atoms with E-state index in [-0.39, 0.29) is 5.95 Å². The van der Waals surface area contributed by atoms with Gasteiger partial charge in [0.05, 0.1) is 17.6 Å². The van der Waals surface area contributed by atoms with Gasteiger partial charge >= 0.3 is 5.63 Å². The number of ether oxygens (including phenoxy) is 1. The number of rotatable bonds is 3. The van der Waals surface area contributed by atoms with E-state index >= 15 is 0 Å². The highest BCUT2D eigenvalue weighted by molar-refractivity contribution is 6.30. The van der Waals surface area contributed by atoms with Gasteiger partial charge in [0, 0.05) is 10.4 Å². The van der Waals surface area contributed by atoms with Crippen LogP contribution in [-0.4, -0.2) is 6.61 Å². The van der Waals surface area contributed by atoms with E-state index in [4.69, 9.17) is 20.8 Å². The summed E-state index contributed by atoms with van der Waals surface area (Å²) >= 11 is 5.94. The Bertz CT molecular complexity index is 835. The SMILES string of the molecule is CCOc1oc(=O)c2ccccc2c1-c1ccc(Cl)cc1. The maximum absolute atomic E-state index is 12.0.